The molecular formula is C29H29NO3. The van der Waals surface area contributed by atoms with E-state index in [1.165, 1.54) is 23.6 Å². The second kappa shape index (κ2) is 9.88. The maximum absolute atomic E-state index is 12.3. The van der Waals surface area contributed by atoms with Crippen molar-refractivity contribution >= 4 is 16.7 Å². The summed E-state index contributed by atoms with van der Waals surface area (Å²) in [7, 11) is 3.10. The Kier molecular flexibility index (Phi) is 6.76. The molecule has 33 heavy (non-hydrogen) atoms. The SMILES string of the molecule is COC(=O)c1cc(-c2cc(CNC(C)c3cccc(OC)c3)cc3ccccc23)ccc1C. The predicted octanol–water partition coefficient (Wildman–Crippen LogP) is 6.46. The van der Waals surface area contributed by atoms with E-state index in [9.17, 15) is 4.79 Å². The van der Waals surface area contributed by atoms with Gasteiger partial charge in [0.1, 0.15) is 5.75 Å². The molecule has 4 nitrogen and oxygen atoms in total. The van der Waals surface area contributed by atoms with Crippen molar-refractivity contribution in [1.29, 1.82) is 0 Å². The van der Waals surface area contributed by atoms with E-state index in [0.29, 0.717) is 12.1 Å². The first-order valence-electron chi connectivity index (χ1n) is 11.1. The maximum atomic E-state index is 12.3. The van der Waals surface area contributed by atoms with Gasteiger partial charge in [-0.1, -0.05) is 48.5 Å². The fourth-order valence-corrected chi connectivity index (χ4v) is 4.13. The Morgan fingerprint density at radius 1 is 0.939 bits per heavy atom. The van der Waals surface area contributed by atoms with Crippen LogP contribution in [0.25, 0.3) is 21.9 Å². The van der Waals surface area contributed by atoms with Crippen molar-refractivity contribution in [2.45, 2.75) is 26.4 Å². The molecule has 0 spiro atoms. The van der Waals surface area contributed by atoms with Gasteiger partial charge in [-0.15, -0.1) is 0 Å². The highest BCUT2D eigenvalue weighted by atomic mass is 16.5. The third-order valence-electron chi connectivity index (χ3n) is 6.08. The Hall–Kier alpha value is -3.63. The zero-order chi connectivity index (χ0) is 23.4. The second-order valence-electron chi connectivity index (χ2n) is 8.27. The van der Waals surface area contributed by atoms with Gasteiger partial charge < -0.3 is 14.8 Å². The lowest BCUT2D eigenvalue weighted by Crippen LogP contribution is -2.18. The molecule has 4 aromatic rings. The first-order chi connectivity index (χ1) is 16.0. The summed E-state index contributed by atoms with van der Waals surface area (Å²) < 4.78 is 10.3. The summed E-state index contributed by atoms with van der Waals surface area (Å²) in [5, 5.41) is 5.95. The van der Waals surface area contributed by atoms with Crippen LogP contribution < -0.4 is 10.1 Å². The molecule has 0 bridgehead atoms. The Morgan fingerprint density at radius 3 is 2.55 bits per heavy atom. The van der Waals surface area contributed by atoms with Gasteiger partial charge in [-0.25, -0.2) is 4.79 Å². The second-order valence-corrected chi connectivity index (χ2v) is 8.27. The van der Waals surface area contributed by atoms with Crippen LogP contribution in [0.5, 0.6) is 5.75 Å². The van der Waals surface area contributed by atoms with E-state index >= 15 is 0 Å². The van der Waals surface area contributed by atoms with Crippen LogP contribution >= 0.6 is 0 Å². The highest BCUT2D eigenvalue weighted by molar-refractivity contribution is 5.99. The van der Waals surface area contributed by atoms with E-state index in [-0.39, 0.29) is 12.0 Å². The molecule has 4 rings (SSSR count). The Bertz CT molecular complexity index is 1300. The maximum Gasteiger partial charge on any atom is 0.338 e. The van der Waals surface area contributed by atoms with Crippen molar-refractivity contribution in [2.24, 2.45) is 0 Å². The third kappa shape index (κ3) is 4.91. The number of hydrogen-bond acceptors (Lipinski definition) is 4. The predicted molar refractivity (Wildman–Crippen MR) is 134 cm³/mol. The lowest BCUT2D eigenvalue weighted by Gasteiger charge is -2.17. The number of aryl methyl sites for hydroxylation is 1. The van der Waals surface area contributed by atoms with E-state index < -0.39 is 0 Å². The number of carbonyl (C=O) groups excluding carboxylic acids is 1. The van der Waals surface area contributed by atoms with Gasteiger partial charge in [-0.3, -0.25) is 0 Å². The summed E-state index contributed by atoms with van der Waals surface area (Å²) >= 11 is 0. The minimum atomic E-state index is -0.316. The summed E-state index contributed by atoms with van der Waals surface area (Å²) in [6.45, 7) is 4.79. The van der Waals surface area contributed by atoms with E-state index in [0.717, 1.165) is 27.8 Å². The highest BCUT2D eigenvalue weighted by Crippen LogP contribution is 2.32. The van der Waals surface area contributed by atoms with Crippen LogP contribution in [0.2, 0.25) is 0 Å². The largest absolute Gasteiger partial charge is 0.497 e. The first-order valence-corrected chi connectivity index (χ1v) is 11.1. The van der Waals surface area contributed by atoms with Gasteiger partial charge in [-0.05, 0) is 82.8 Å². The summed E-state index contributed by atoms with van der Waals surface area (Å²) in [4.78, 5) is 12.3. The van der Waals surface area contributed by atoms with Crippen molar-refractivity contribution in [3.8, 4) is 16.9 Å². The molecule has 1 N–H and O–H groups in total. The molecule has 0 fully saturated rings. The lowest BCUT2D eigenvalue weighted by atomic mass is 9.93. The molecule has 4 heteroatoms. The highest BCUT2D eigenvalue weighted by Gasteiger charge is 2.14. The molecular weight excluding hydrogens is 410 g/mol. The van der Waals surface area contributed by atoms with Gasteiger partial charge in [-0.2, -0.15) is 0 Å². The van der Waals surface area contributed by atoms with Crippen molar-refractivity contribution in [1.82, 2.24) is 5.32 Å². The number of esters is 1. The monoisotopic (exact) mass is 439 g/mol. The molecule has 1 atom stereocenters. The quantitative estimate of drug-likeness (QED) is 0.336. The number of methoxy groups -OCH3 is 2. The minimum Gasteiger partial charge on any atom is -0.497 e. The molecule has 1 unspecified atom stereocenters. The van der Waals surface area contributed by atoms with Gasteiger partial charge in [0.2, 0.25) is 0 Å². The molecule has 0 amide bonds. The number of nitrogens with one attached hydrogen (secondary N) is 1. The number of ether oxygens (including phenoxy) is 2. The molecule has 168 valence electrons. The molecule has 0 aromatic heterocycles. The van der Waals surface area contributed by atoms with Gasteiger partial charge >= 0.3 is 5.97 Å². The smallest absolute Gasteiger partial charge is 0.338 e. The van der Waals surface area contributed by atoms with Crippen LogP contribution in [0.4, 0.5) is 0 Å². The van der Waals surface area contributed by atoms with Gasteiger partial charge in [0, 0.05) is 12.6 Å². The average molecular weight is 440 g/mol. The minimum absolute atomic E-state index is 0.167. The van der Waals surface area contributed by atoms with Crippen molar-refractivity contribution in [2.75, 3.05) is 14.2 Å². The summed E-state index contributed by atoms with van der Waals surface area (Å²) in [6.07, 6.45) is 0. The molecule has 0 heterocycles. The standard InChI is InChI=1S/C29H29NO3/c1-19-12-13-24(17-27(19)29(31)33-4)28-15-21(14-23-8-5-6-11-26(23)28)18-30-20(2)22-9-7-10-25(16-22)32-3/h5-17,20,30H,18H2,1-4H3. The molecule has 0 aliphatic carbocycles. The molecule has 4 aromatic carbocycles. The molecule has 0 saturated heterocycles. The van der Waals surface area contributed by atoms with Crippen molar-refractivity contribution in [3.63, 3.8) is 0 Å². The number of fused-ring (bicyclic) bond motifs is 1. The molecule has 0 saturated carbocycles. The normalized spacial score (nSPS) is 11.9. The summed E-state index contributed by atoms with van der Waals surface area (Å²) in [5.41, 5.74) is 5.95. The van der Waals surface area contributed by atoms with E-state index in [4.69, 9.17) is 9.47 Å². The van der Waals surface area contributed by atoms with Crippen LogP contribution in [0.15, 0.2) is 78.9 Å². The number of hydrogen-bond donors (Lipinski definition) is 1. The van der Waals surface area contributed by atoms with Gasteiger partial charge in [0.15, 0.2) is 0 Å². The number of benzene rings is 4. The summed E-state index contributed by atoms with van der Waals surface area (Å²) in [6, 6.07) is 27.1. The van der Waals surface area contributed by atoms with Crippen LogP contribution in [0, 0.1) is 6.92 Å². The Morgan fingerprint density at radius 2 is 1.76 bits per heavy atom. The Balaban J connectivity index is 1.68. The zero-order valence-corrected chi connectivity index (χ0v) is 19.5. The lowest BCUT2D eigenvalue weighted by molar-refractivity contribution is 0.0600. The van der Waals surface area contributed by atoms with Crippen molar-refractivity contribution < 1.29 is 14.3 Å². The molecule has 0 radical (unpaired) electrons. The van der Waals surface area contributed by atoms with Gasteiger partial charge in [0.25, 0.3) is 0 Å². The van der Waals surface area contributed by atoms with E-state index in [1.807, 2.05) is 37.3 Å². The molecule has 0 aliphatic heterocycles. The Labute approximate surface area is 195 Å². The van der Waals surface area contributed by atoms with Gasteiger partial charge in [0.05, 0.1) is 19.8 Å². The average Bonchev–Trinajstić information content (AvgIpc) is 2.86. The van der Waals surface area contributed by atoms with Crippen molar-refractivity contribution in [3.05, 3.63) is 101 Å². The fraction of sp³-hybridized carbons (Fsp3) is 0.207. The topological polar surface area (TPSA) is 47.6 Å². The van der Waals surface area contributed by atoms with Crippen LogP contribution in [0.1, 0.15) is 40.0 Å². The van der Waals surface area contributed by atoms with E-state index in [2.05, 4.69) is 60.8 Å². The van der Waals surface area contributed by atoms with E-state index in [1.54, 1.807) is 7.11 Å². The number of carbonyl (C=O) groups is 1. The van der Waals surface area contributed by atoms with Crippen LogP contribution in [-0.2, 0) is 11.3 Å². The molecule has 0 aliphatic rings. The van der Waals surface area contributed by atoms with Crippen LogP contribution in [-0.4, -0.2) is 20.2 Å². The fourth-order valence-electron chi connectivity index (χ4n) is 4.13. The third-order valence-corrected chi connectivity index (χ3v) is 6.08. The summed E-state index contributed by atoms with van der Waals surface area (Å²) in [5.74, 6) is 0.540. The zero-order valence-electron chi connectivity index (χ0n) is 19.5. The first kappa shape index (κ1) is 22.6. The number of rotatable bonds is 7. The van der Waals surface area contributed by atoms with Crippen LogP contribution in [0.3, 0.4) is 0 Å².